The van der Waals surface area contributed by atoms with E-state index in [9.17, 15) is 4.79 Å². The van der Waals surface area contributed by atoms with E-state index >= 15 is 0 Å². The average Bonchev–Trinajstić information content (AvgIpc) is 2.60. The van der Waals surface area contributed by atoms with Gasteiger partial charge < -0.3 is 5.11 Å². The van der Waals surface area contributed by atoms with Gasteiger partial charge in [-0.15, -0.1) is 0 Å². The van der Waals surface area contributed by atoms with E-state index in [1.165, 1.54) is 0 Å². The Hall–Kier alpha value is -1.62. The van der Waals surface area contributed by atoms with E-state index < -0.39 is 5.97 Å². The first kappa shape index (κ1) is 13.8. The molecule has 1 aromatic heterocycles. The predicted molar refractivity (Wildman–Crippen MR) is 76.3 cm³/mol. The number of rotatable bonds is 4. The molecule has 1 N–H and O–H groups in total. The first-order valence-electron chi connectivity index (χ1n) is 5.96. The van der Waals surface area contributed by atoms with Gasteiger partial charge in [0.1, 0.15) is 0 Å². The number of hydrogen-bond acceptors (Lipinski definition) is 2. The van der Waals surface area contributed by atoms with Crippen molar-refractivity contribution < 1.29 is 9.90 Å². The van der Waals surface area contributed by atoms with Crippen LogP contribution in [0.25, 0.3) is 0 Å². The van der Waals surface area contributed by atoms with Crippen molar-refractivity contribution in [3.05, 3.63) is 51.3 Å². The van der Waals surface area contributed by atoms with Gasteiger partial charge in [-0.25, -0.2) is 0 Å². The third-order valence-corrected chi connectivity index (χ3v) is 3.63. The van der Waals surface area contributed by atoms with Crippen LogP contribution in [0.1, 0.15) is 22.5 Å². The Balaban J connectivity index is 2.26. The highest BCUT2D eigenvalue weighted by molar-refractivity contribution is 9.10. The molecule has 2 aromatic rings. The number of carboxylic acids is 1. The van der Waals surface area contributed by atoms with Crippen LogP contribution in [0.5, 0.6) is 0 Å². The Morgan fingerprint density at radius 2 is 1.95 bits per heavy atom. The summed E-state index contributed by atoms with van der Waals surface area (Å²) in [6.07, 6.45) is 0.0258. The summed E-state index contributed by atoms with van der Waals surface area (Å²) >= 11 is 3.40. The molecule has 19 heavy (non-hydrogen) atoms. The normalized spacial score (nSPS) is 10.7. The van der Waals surface area contributed by atoms with E-state index in [0.717, 1.165) is 27.0 Å². The Bertz CT molecular complexity index is 603. The summed E-state index contributed by atoms with van der Waals surface area (Å²) in [6, 6.07) is 8.02. The molecule has 100 valence electrons. The van der Waals surface area contributed by atoms with Crippen LogP contribution in [0.4, 0.5) is 0 Å². The molecule has 0 unspecified atom stereocenters. The van der Waals surface area contributed by atoms with Crippen molar-refractivity contribution in [1.82, 2.24) is 9.78 Å². The second kappa shape index (κ2) is 5.57. The summed E-state index contributed by atoms with van der Waals surface area (Å²) in [6.45, 7) is 4.42. The molecule has 1 aromatic carbocycles. The lowest BCUT2D eigenvalue weighted by Gasteiger charge is -2.05. The molecule has 0 spiro atoms. The van der Waals surface area contributed by atoms with Gasteiger partial charge in [-0.1, -0.05) is 28.1 Å². The topological polar surface area (TPSA) is 55.1 Å². The van der Waals surface area contributed by atoms with Crippen LogP contribution in [0.3, 0.4) is 0 Å². The Morgan fingerprint density at radius 3 is 2.53 bits per heavy atom. The first-order chi connectivity index (χ1) is 8.97. The number of aryl methyl sites for hydroxylation is 1. The fraction of sp³-hybridized carbons (Fsp3) is 0.286. The molecule has 0 fully saturated rings. The smallest absolute Gasteiger partial charge is 0.307 e. The van der Waals surface area contributed by atoms with Crippen molar-refractivity contribution in [3.63, 3.8) is 0 Å². The minimum Gasteiger partial charge on any atom is -0.481 e. The third kappa shape index (κ3) is 3.23. The van der Waals surface area contributed by atoms with Gasteiger partial charge in [-0.3, -0.25) is 9.48 Å². The summed E-state index contributed by atoms with van der Waals surface area (Å²) in [7, 11) is 0. The fourth-order valence-corrected chi connectivity index (χ4v) is 2.32. The maximum absolute atomic E-state index is 10.8. The summed E-state index contributed by atoms with van der Waals surface area (Å²) in [5.74, 6) is -0.825. The van der Waals surface area contributed by atoms with Crippen molar-refractivity contribution >= 4 is 21.9 Å². The number of benzene rings is 1. The Kier molecular flexibility index (Phi) is 4.04. The van der Waals surface area contributed by atoms with Gasteiger partial charge in [-0.05, 0) is 31.5 Å². The highest BCUT2D eigenvalue weighted by atomic mass is 79.9. The lowest BCUT2D eigenvalue weighted by atomic mass is 10.1. The molecular formula is C14H15BrN2O2. The highest BCUT2D eigenvalue weighted by Gasteiger charge is 2.14. The molecule has 0 amide bonds. The molecule has 0 aliphatic rings. The summed E-state index contributed by atoms with van der Waals surface area (Å²) in [5, 5.41) is 13.3. The van der Waals surface area contributed by atoms with Crippen LogP contribution in [0.15, 0.2) is 28.7 Å². The van der Waals surface area contributed by atoms with Crippen molar-refractivity contribution in [3.8, 4) is 0 Å². The predicted octanol–water partition coefficient (Wildman–Crippen LogP) is 2.94. The van der Waals surface area contributed by atoms with Crippen LogP contribution in [-0.2, 0) is 17.8 Å². The average molecular weight is 323 g/mol. The molecule has 0 atom stereocenters. The van der Waals surface area contributed by atoms with Crippen LogP contribution < -0.4 is 0 Å². The number of hydrogen-bond donors (Lipinski definition) is 1. The maximum Gasteiger partial charge on any atom is 0.307 e. The zero-order chi connectivity index (χ0) is 14.0. The van der Waals surface area contributed by atoms with Crippen molar-refractivity contribution in [2.75, 3.05) is 0 Å². The summed E-state index contributed by atoms with van der Waals surface area (Å²) < 4.78 is 2.90. The standard InChI is InChI=1S/C14H15BrN2O2/c1-9-13(7-14(18)19)10(2)17(16-9)8-11-3-5-12(15)6-4-11/h3-6H,7-8H2,1-2H3,(H,18,19). The summed E-state index contributed by atoms with van der Waals surface area (Å²) in [4.78, 5) is 10.8. The number of carboxylic acid groups (broad SMARTS) is 1. The maximum atomic E-state index is 10.8. The van der Waals surface area contributed by atoms with E-state index in [-0.39, 0.29) is 6.42 Å². The summed E-state index contributed by atoms with van der Waals surface area (Å²) in [5.41, 5.74) is 3.65. The minimum absolute atomic E-state index is 0.0258. The Labute approximate surface area is 120 Å². The van der Waals surface area contributed by atoms with Gasteiger partial charge in [0.15, 0.2) is 0 Å². The zero-order valence-corrected chi connectivity index (χ0v) is 12.4. The van der Waals surface area contributed by atoms with Crippen LogP contribution in [-0.4, -0.2) is 20.9 Å². The minimum atomic E-state index is -0.825. The van der Waals surface area contributed by atoms with Crippen molar-refractivity contribution in [2.45, 2.75) is 26.8 Å². The monoisotopic (exact) mass is 322 g/mol. The van der Waals surface area contributed by atoms with Gasteiger partial charge in [0.25, 0.3) is 0 Å². The zero-order valence-electron chi connectivity index (χ0n) is 10.9. The number of halogens is 1. The molecule has 0 bridgehead atoms. The molecule has 2 rings (SSSR count). The van der Waals surface area contributed by atoms with E-state index in [1.54, 1.807) is 0 Å². The van der Waals surface area contributed by atoms with Gasteiger partial charge in [-0.2, -0.15) is 5.10 Å². The molecule has 0 saturated heterocycles. The molecule has 0 aliphatic heterocycles. The highest BCUT2D eigenvalue weighted by Crippen LogP contribution is 2.16. The number of nitrogens with zero attached hydrogens (tertiary/aromatic N) is 2. The second-order valence-corrected chi connectivity index (χ2v) is 5.42. The van der Waals surface area contributed by atoms with Crippen LogP contribution in [0.2, 0.25) is 0 Å². The first-order valence-corrected chi connectivity index (χ1v) is 6.76. The number of aliphatic carboxylic acids is 1. The lowest BCUT2D eigenvalue weighted by Crippen LogP contribution is -2.06. The fourth-order valence-electron chi connectivity index (χ4n) is 2.06. The molecule has 5 heteroatoms. The molecule has 1 heterocycles. The molecule has 0 aliphatic carbocycles. The molecule has 0 radical (unpaired) electrons. The Morgan fingerprint density at radius 1 is 1.32 bits per heavy atom. The quantitative estimate of drug-likeness (QED) is 0.941. The second-order valence-electron chi connectivity index (χ2n) is 4.50. The molecule has 0 saturated carbocycles. The SMILES string of the molecule is Cc1nn(Cc2ccc(Br)cc2)c(C)c1CC(=O)O. The van der Waals surface area contributed by atoms with Gasteiger partial charge in [0.2, 0.25) is 0 Å². The van der Waals surface area contributed by atoms with Gasteiger partial charge in [0, 0.05) is 15.7 Å². The van der Waals surface area contributed by atoms with Crippen LogP contribution in [0, 0.1) is 13.8 Å². The lowest BCUT2D eigenvalue weighted by molar-refractivity contribution is -0.136. The van der Waals surface area contributed by atoms with E-state index in [0.29, 0.717) is 6.54 Å². The molecular weight excluding hydrogens is 308 g/mol. The number of aromatic nitrogens is 2. The van der Waals surface area contributed by atoms with E-state index in [4.69, 9.17) is 5.11 Å². The van der Waals surface area contributed by atoms with Crippen molar-refractivity contribution in [1.29, 1.82) is 0 Å². The number of carbonyl (C=O) groups is 1. The largest absolute Gasteiger partial charge is 0.481 e. The third-order valence-electron chi connectivity index (χ3n) is 3.10. The van der Waals surface area contributed by atoms with Crippen molar-refractivity contribution in [2.24, 2.45) is 0 Å². The van der Waals surface area contributed by atoms with Gasteiger partial charge >= 0.3 is 5.97 Å². The van der Waals surface area contributed by atoms with E-state index in [2.05, 4.69) is 21.0 Å². The van der Waals surface area contributed by atoms with Gasteiger partial charge in [0.05, 0.1) is 18.7 Å². The molecule has 4 nitrogen and oxygen atoms in total. The van der Waals surface area contributed by atoms with Crippen LogP contribution >= 0.6 is 15.9 Å². The van der Waals surface area contributed by atoms with E-state index in [1.807, 2.05) is 42.8 Å².